The van der Waals surface area contributed by atoms with E-state index in [1.165, 1.54) is 0 Å². The van der Waals surface area contributed by atoms with Gasteiger partial charge in [-0.3, -0.25) is 4.98 Å². The maximum absolute atomic E-state index is 12.6. The maximum atomic E-state index is 12.6. The number of fused-ring (bicyclic) bond motifs is 1. The van der Waals surface area contributed by atoms with E-state index in [2.05, 4.69) is 31.0 Å². The predicted molar refractivity (Wildman–Crippen MR) is 120 cm³/mol. The van der Waals surface area contributed by atoms with Crippen molar-refractivity contribution in [1.82, 2.24) is 15.0 Å². The molecule has 148 valence electrons. The monoisotopic (exact) mass is 481 g/mol. The molecule has 0 spiro atoms. The molecule has 3 rings (SSSR count). The summed E-state index contributed by atoms with van der Waals surface area (Å²) in [4.78, 5) is 4.31. The Labute approximate surface area is 179 Å². The molecule has 0 atom stereocenters. The van der Waals surface area contributed by atoms with Gasteiger partial charge in [-0.05, 0) is 29.8 Å². The molecular weight excluding hydrogens is 462 g/mol. The van der Waals surface area contributed by atoms with Crippen LogP contribution in [0.1, 0.15) is 5.56 Å². The lowest BCUT2D eigenvalue weighted by Gasteiger charge is -2.09. The summed E-state index contributed by atoms with van der Waals surface area (Å²) >= 11 is 3.41. The van der Waals surface area contributed by atoms with Crippen LogP contribution in [0.15, 0.2) is 76.4 Å². The van der Waals surface area contributed by atoms with Gasteiger partial charge in [-0.2, -0.15) is 0 Å². The highest BCUT2D eigenvalue weighted by Crippen LogP contribution is 2.21. The second-order valence-electron chi connectivity index (χ2n) is 5.91. The standard InChI is InChI=1S/C20H20BrN3O2S.ClH/c21-18-8-6-16(7-9-18)3-2-11-22-13-14-24-27(25,26)20-5-1-4-17-15-23-12-10-19(17)20;/h1-10,12,15,22,24H,11,13-14H2;1H/b3-2+;. The normalized spacial score (nSPS) is 11.6. The lowest BCUT2D eigenvalue weighted by atomic mass is 10.2. The van der Waals surface area contributed by atoms with Crippen LogP contribution < -0.4 is 10.0 Å². The fourth-order valence-electron chi connectivity index (χ4n) is 2.63. The van der Waals surface area contributed by atoms with Crippen LogP contribution in [0.3, 0.4) is 0 Å². The molecule has 0 saturated carbocycles. The molecule has 2 aromatic carbocycles. The number of hydrogen-bond acceptors (Lipinski definition) is 4. The van der Waals surface area contributed by atoms with Crippen molar-refractivity contribution < 1.29 is 8.42 Å². The van der Waals surface area contributed by atoms with E-state index in [4.69, 9.17) is 0 Å². The summed E-state index contributed by atoms with van der Waals surface area (Å²) in [6, 6.07) is 14.9. The average molecular weight is 483 g/mol. The first-order chi connectivity index (χ1) is 13.1. The van der Waals surface area contributed by atoms with Gasteiger partial charge in [0.25, 0.3) is 0 Å². The zero-order chi connectivity index (χ0) is 19.1. The zero-order valence-corrected chi connectivity index (χ0v) is 18.2. The largest absolute Gasteiger partial charge is 0.312 e. The average Bonchev–Trinajstić information content (AvgIpc) is 2.68. The third-order valence-corrected chi connectivity index (χ3v) is 6.01. The van der Waals surface area contributed by atoms with E-state index >= 15 is 0 Å². The molecule has 3 aromatic rings. The van der Waals surface area contributed by atoms with Crippen molar-refractivity contribution >= 4 is 55.2 Å². The summed E-state index contributed by atoms with van der Waals surface area (Å²) in [6.07, 6.45) is 7.29. The predicted octanol–water partition coefficient (Wildman–Crippen LogP) is 4.00. The lowest BCUT2D eigenvalue weighted by Crippen LogP contribution is -2.32. The Balaban J connectivity index is 0.00000280. The highest BCUT2D eigenvalue weighted by Gasteiger charge is 2.16. The first-order valence-electron chi connectivity index (χ1n) is 8.51. The fourth-order valence-corrected chi connectivity index (χ4v) is 4.16. The van der Waals surface area contributed by atoms with Crippen LogP contribution in [-0.4, -0.2) is 33.0 Å². The lowest BCUT2D eigenvalue weighted by molar-refractivity contribution is 0.579. The van der Waals surface area contributed by atoms with Gasteiger partial charge in [0.15, 0.2) is 0 Å². The molecule has 28 heavy (non-hydrogen) atoms. The van der Waals surface area contributed by atoms with Gasteiger partial charge < -0.3 is 5.32 Å². The smallest absolute Gasteiger partial charge is 0.241 e. The minimum absolute atomic E-state index is 0. The molecule has 0 radical (unpaired) electrons. The second-order valence-corrected chi connectivity index (χ2v) is 8.56. The fraction of sp³-hybridized carbons (Fsp3) is 0.150. The molecule has 0 saturated heterocycles. The van der Waals surface area contributed by atoms with Gasteiger partial charge in [0.2, 0.25) is 10.0 Å². The number of sulfonamides is 1. The van der Waals surface area contributed by atoms with E-state index in [9.17, 15) is 8.42 Å². The molecule has 0 fully saturated rings. The topological polar surface area (TPSA) is 71.1 Å². The van der Waals surface area contributed by atoms with Crippen molar-refractivity contribution in [2.24, 2.45) is 0 Å². The first-order valence-corrected chi connectivity index (χ1v) is 10.8. The summed E-state index contributed by atoms with van der Waals surface area (Å²) in [7, 11) is -3.57. The van der Waals surface area contributed by atoms with Gasteiger partial charge >= 0.3 is 0 Å². The molecule has 0 aliphatic heterocycles. The molecule has 5 nitrogen and oxygen atoms in total. The second kappa shape index (κ2) is 10.7. The van der Waals surface area contributed by atoms with E-state index in [0.717, 1.165) is 15.4 Å². The van der Waals surface area contributed by atoms with Crippen molar-refractivity contribution in [2.75, 3.05) is 19.6 Å². The highest BCUT2D eigenvalue weighted by molar-refractivity contribution is 9.10. The van der Waals surface area contributed by atoms with Gasteiger partial charge in [0.05, 0.1) is 4.90 Å². The van der Waals surface area contributed by atoms with Crippen molar-refractivity contribution in [1.29, 1.82) is 0 Å². The number of benzene rings is 2. The molecular formula is C20H21BrClN3O2S. The third-order valence-electron chi connectivity index (χ3n) is 3.97. The Hall–Kier alpha value is -1.77. The minimum Gasteiger partial charge on any atom is -0.312 e. The number of aromatic nitrogens is 1. The van der Waals surface area contributed by atoms with E-state index in [-0.39, 0.29) is 17.3 Å². The first kappa shape index (κ1) is 22.5. The zero-order valence-electron chi connectivity index (χ0n) is 15.0. The molecule has 1 heterocycles. The van der Waals surface area contributed by atoms with Crippen LogP contribution >= 0.6 is 28.3 Å². The Morgan fingerprint density at radius 3 is 2.61 bits per heavy atom. The number of nitrogens with one attached hydrogen (secondary N) is 2. The van der Waals surface area contributed by atoms with Crippen LogP contribution in [0.2, 0.25) is 0 Å². The molecule has 8 heteroatoms. The van der Waals surface area contributed by atoms with Crippen LogP contribution in [0.5, 0.6) is 0 Å². The number of nitrogens with zero attached hydrogens (tertiary/aromatic N) is 1. The quantitative estimate of drug-likeness (QED) is 0.476. The molecule has 0 aliphatic rings. The van der Waals surface area contributed by atoms with Crippen LogP contribution in [0.25, 0.3) is 16.8 Å². The molecule has 1 aromatic heterocycles. The van der Waals surface area contributed by atoms with E-state index in [0.29, 0.717) is 25.0 Å². The SMILES string of the molecule is Cl.O=S(=O)(NCCNC/C=C/c1ccc(Br)cc1)c1cccc2cnccc12. The summed E-state index contributed by atoms with van der Waals surface area (Å²) < 4.78 is 28.8. The van der Waals surface area contributed by atoms with Crippen molar-refractivity contribution in [3.05, 3.63) is 77.0 Å². The summed E-state index contributed by atoms with van der Waals surface area (Å²) in [6.45, 7) is 1.52. The van der Waals surface area contributed by atoms with Gasteiger partial charge in [-0.1, -0.05) is 52.3 Å². The van der Waals surface area contributed by atoms with Crippen molar-refractivity contribution in [3.63, 3.8) is 0 Å². The van der Waals surface area contributed by atoms with Crippen molar-refractivity contribution in [3.8, 4) is 0 Å². The van der Waals surface area contributed by atoms with Crippen LogP contribution in [0, 0.1) is 0 Å². The van der Waals surface area contributed by atoms with Crippen molar-refractivity contribution in [2.45, 2.75) is 4.90 Å². The maximum Gasteiger partial charge on any atom is 0.241 e. The van der Waals surface area contributed by atoms with E-state index < -0.39 is 10.0 Å². The Kier molecular flexibility index (Phi) is 8.59. The number of halogens is 2. The molecule has 2 N–H and O–H groups in total. The number of pyridine rings is 1. The summed E-state index contributed by atoms with van der Waals surface area (Å²) in [5, 5.41) is 4.67. The Morgan fingerprint density at radius 1 is 1.04 bits per heavy atom. The Bertz CT molecular complexity index is 1040. The molecule has 0 bridgehead atoms. The van der Waals surface area contributed by atoms with Crippen LogP contribution in [-0.2, 0) is 10.0 Å². The van der Waals surface area contributed by atoms with E-state index in [1.54, 1.807) is 30.6 Å². The molecule has 0 amide bonds. The summed E-state index contributed by atoms with van der Waals surface area (Å²) in [5.41, 5.74) is 1.12. The van der Waals surface area contributed by atoms with Gasteiger partial charge in [-0.25, -0.2) is 13.1 Å². The van der Waals surface area contributed by atoms with Gasteiger partial charge in [0, 0.05) is 47.3 Å². The highest BCUT2D eigenvalue weighted by atomic mass is 79.9. The Morgan fingerprint density at radius 2 is 1.82 bits per heavy atom. The van der Waals surface area contributed by atoms with Gasteiger partial charge in [0.1, 0.15) is 0 Å². The van der Waals surface area contributed by atoms with Gasteiger partial charge in [-0.15, -0.1) is 12.4 Å². The van der Waals surface area contributed by atoms with E-state index in [1.807, 2.05) is 42.5 Å². The molecule has 0 unspecified atom stereocenters. The third kappa shape index (κ3) is 6.12. The number of hydrogen-bond donors (Lipinski definition) is 2. The number of rotatable bonds is 8. The van der Waals surface area contributed by atoms with Crippen LogP contribution in [0.4, 0.5) is 0 Å². The summed E-state index contributed by atoms with van der Waals surface area (Å²) in [5.74, 6) is 0. The molecule has 0 aliphatic carbocycles. The minimum atomic E-state index is -3.57.